The van der Waals surface area contributed by atoms with Gasteiger partial charge in [0.05, 0.1) is 17.3 Å². The molecule has 0 spiro atoms. The maximum Gasteiger partial charge on any atom is 0.238 e. The second kappa shape index (κ2) is 7.43. The van der Waals surface area contributed by atoms with E-state index in [4.69, 9.17) is 11.6 Å². The number of hydrogen-bond acceptors (Lipinski definition) is 3. The van der Waals surface area contributed by atoms with Gasteiger partial charge in [-0.25, -0.2) is 0 Å². The Balaban J connectivity index is 1.76. The van der Waals surface area contributed by atoms with Crippen LogP contribution in [-0.4, -0.2) is 18.5 Å². The normalized spacial score (nSPS) is 12.1. The van der Waals surface area contributed by atoms with Crippen LogP contribution in [0.4, 0.5) is 5.69 Å². The Kier molecular flexibility index (Phi) is 5.59. The predicted molar refractivity (Wildman–Crippen MR) is 85.6 cm³/mol. The third-order valence-corrected chi connectivity index (χ3v) is 4.07. The monoisotopic (exact) mass is 308 g/mol. The quantitative estimate of drug-likeness (QED) is 0.856. The molecule has 0 bridgehead atoms. The van der Waals surface area contributed by atoms with E-state index in [1.54, 1.807) is 23.5 Å². The van der Waals surface area contributed by atoms with Crippen LogP contribution in [0, 0.1) is 0 Å². The Morgan fingerprint density at radius 1 is 1.30 bits per heavy atom. The van der Waals surface area contributed by atoms with Gasteiger partial charge >= 0.3 is 0 Å². The summed E-state index contributed by atoms with van der Waals surface area (Å²) < 4.78 is 0. The molecule has 20 heavy (non-hydrogen) atoms. The molecule has 1 heterocycles. The lowest BCUT2D eigenvalue weighted by Gasteiger charge is -2.13. The van der Waals surface area contributed by atoms with Crippen LogP contribution in [0.5, 0.6) is 0 Å². The first kappa shape index (κ1) is 15.0. The molecule has 3 nitrogen and oxygen atoms in total. The zero-order chi connectivity index (χ0) is 14.4. The minimum Gasteiger partial charge on any atom is -0.324 e. The molecule has 1 aromatic carbocycles. The molecule has 0 saturated heterocycles. The first-order valence-electron chi connectivity index (χ1n) is 6.45. The number of hydrogen-bond donors (Lipinski definition) is 2. The second-order valence-electron chi connectivity index (χ2n) is 4.59. The number of halogens is 1. The summed E-state index contributed by atoms with van der Waals surface area (Å²) in [4.78, 5) is 13.2. The number of nitrogens with one attached hydrogen (secondary N) is 2. The van der Waals surface area contributed by atoms with E-state index in [1.165, 1.54) is 4.88 Å². The Morgan fingerprint density at radius 3 is 2.80 bits per heavy atom. The lowest BCUT2D eigenvalue weighted by Crippen LogP contribution is -2.35. The standard InChI is InChI=1S/C15H17ClN2OS/c1-11(9-12-5-4-8-20-12)17-10-15(19)18-14-7-3-2-6-13(14)16/h2-8,11,17H,9-10H2,1H3,(H,18,19). The Hall–Kier alpha value is -1.36. The summed E-state index contributed by atoms with van der Waals surface area (Å²) in [7, 11) is 0. The van der Waals surface area contributed by atoms with Gasteiger partial charge in [0.15, 0.2) is 0 Å². The molecule has 0 aliphatic carbocycles. The van der Waals surface area contributed by atoms with E-state index in [1.807, 2.05) is 18.2 Å². The van der Waals surface area contributed by atoms with Crippen molar-refractivity contribution in [1.29, 1.82) is 0 Å². The van der Waals surface area contributed by atoms with E-state index in [2.05, 4.69) is 29.0 Å². The van der Waals surface area contributed by atoms with Gasteiger partial charge in [-0.15, -0.1) is 11.3 Å². The van der Waals surface area contributed by atoms with Crippen LogP contribution in [0.2, 0.25) is 5.02 Å². The van der Waals surface area contributed by atoms with Crippen LogP contribution in [0.25, 0.3) is 0 Å². The highest BCUT2D eigenvalue weighted by molar-refractivity contribution is 7.09. The molecule has 2 N–H and O–H groups in total. The topological polar surface area (TPSA) is 41.1 Å². The highest BCUT2D eigenvalue weighted by Crippen LogP contribution is 2.20. The largest absolute Gasteiger partial charge is 0.324 e. The molecule has 1 unspecified atom stereocenters. The summed E-state index contributed by atoms with van der Waals surface area (Å²) in [6.07, 6.45) is 0.928. The van der Waals surface area contributed by atoms with Crippen LogP contribution in [0.1, 0.15) is 11.8 Å². The average Bonchev–Trinajstić information content (AvgIpc) is 2.92. The van der Waals surface area contributed by atoms with Gasteiger partial charge in [0.1, 0.15) is 0 Å². The molecule has 1 amide bonds. The predicted octanol–water partition coefficient (Wildman–Crippen LogP) is 3.56. The summed E-state index contributed by atoms with van der Waals surface area (Å²) in [5, 5.41) is 8.62. The number of rotatable bonds is 6. The van der Waals surface area contributed by atoms with Gasteiger partial charge in [0.2, 0.25) is 5.91 Å². The van der Waals surface area contributed by atoms with E-state index >= 15 is 0 Å². The number of para-hydroxylation sites is 1. The fourth-order valence-corrected chi connectivity index (χ4v) is 2.84. The lowest BCUT2D eigenvalue weighted by atomic mass is 10.2. The second-order valence-corrected chi connectivity index (χ2v) is 6.03. The average molecular weight is 309 g/mol. The maximum absolute atomic E-state index is 11.8. The molecule has 2 aromatic rings. The number of carbonyl (C=O) groups excluding carboxylic acids is 1. The Morgan fingerprint density at radius 2 is 2.10 bits per heavy atom. The number of thiophene rings is 1. The third kappa shape index (κ3) is 4.63. The van der Waals surface area contributed by atoms with Crippen molar-refractivity contribution >= 4 is 34.5 Å². The molecule has 2 rings (SSSR count). The number of carbonyl (C=O) groups is 1. The minimum absolute atomic E-state index is 0.0869. The van der Waals surface area contributed by atoms with Gasteiger partial charge in [-0.3, -0.25) is 4.79 Å². The summed E-state index contributed by atoms with van der Waals surface area (Å²) in [6, 6.07) is 11.6. The molecule has 0 aliphatic rings. The SMILES string of the molecule is CC(Cc1cccs1)NCC(=O)Nc1ccccc1Cl. The highest BCUT2D eigenvalue weighted by Gasteiger charge is 2.08. The minimum atomic E-state index is -0.0869. The van der Waals surface area contributed by atoms with E-state index in [0.717, 1.165) is 6.42 Å². The van der Waals surface area contributed by atoms with Crippen molar-refractivity contribution in [3.8, 4) is 0 Å². The zero-order valence-corrected chi connectivity index (χ0v) is 12.8. The zero-order valence-electron chi connectivity index (χ0n) is 11.2. The first-order valence-corrected chi connectivity index (χ1v) is 7.71. The molecule has 106 valence electrons. The highest BCUT2D eigenvalue weighted by atomic mass is 35.5. The van der Waals surface area contributed by atoms with Crippen LogP contribution >= 0.6 is 22.9 Å². The van der Waals surface area contributed by atoms with Crippen LogP contribution in [0.3, 0.4) is 0 Å². The number of benzene rings is 1. The Labute approximate surface area is 128 Å². The smallest absolute Gasteiger partial charge is 0.238 e. The third-order valence-electron chi connectivity index (χ3n) is 2.85. The molecule has 5 heteroatoms. The van der Waals surface area contributed by atoms with Crippen molar-refractivity contribution in [2.75, 3.05) is 11.9 Å². The van der Waals surface area contributed by atoms with Gasteiger partial charge in [-0.2, -0.15) is 0 Å². The van der Waals surface area contributed by atoms with Gasteiger partial charge in [0.25, 0.3) is 0 Å². The van der Waals surface area contributed by atoms with Crippen molar-refractivity contribution in [3.63, 3.8) is 0 Å². The van der Waals surface area contributed by atoms with Crippen molar-refractivity contribution in [2.45, 2.75) is 19.4 Å². The van der Waals surface area contributed by atoms with Gasteiger partial charge in [0, 0.05) is 10.9 Å². The summed E-state index contributed by atoms with van der Waals surface area (Å²) in [5.74, 6) is -0.0869. The van der Waals surface area contributed by atoms with Crippen LogP contribution in [0.15, 0.2) is 41.8 Å². The van der Waals surface area contributed by atoms with Crippen LogP contribution < -0.4 is 10.6 Å². The summed E-state index contributed by atoms with van der Waals surface area (Å²) in [5.41, 5.74) is 0.645. The fraction of sp³-hybridized carbons (Fsp3) is 0.267. The van der Waals surface area contributed by atoms with Crippen molar-refractivity contribution in [2.24, 2.45) is 0 Å². The van der Waals surface area contributed by atoms with Gasteiger partial charge in [-0.05, 0) is 36.9 Å². The molecular formula is C15H17ClN2OS. The van der Waals surface area contributed by atoms with E-state index in [9.17, 15) is 4.79 Å². The maximum atomic E-state index is 11.8. The number of anilines is 1. The number of amides is 1. The fourth-order valence-electron chi connectivity index (χ4n) is 1.83. The lowest BCUT2D eigenvalue weighted by molar-refractivity contribution is -0.115. The van der Waals surface area contributed by atoms with Crippen molar-refractivity contribution < 1.29 is 4.79 Å². The molecule has 0 radical (unpaired) electrons. The van der Waals surface area contributed by atoms with Gasteiger partial charge < -0.3 is 10.6 Å². The Bertz CT molecular complexity index is 557. The molecule has 0 fully saturated rings. The summed E-state index contributed by atoms with van der Waals surface area (Å²) >= 11 is 7.72. The molecule has 1 atom stereocenters. The van der Waals surface area contributed by atoms with E-state index < -0.39 is 0 Å². The van der Waals surface area contributed by atoms with Gasteiger partial charge in [-0.1, -0.05) is 29.8 Å². The molecular weight excluding hydrogens is 292 g/mol. The molecule has 1 aromatic heterocycles. The molecule has 0 aliphatic heterocycles. The molecule has 0 saturated carbocycles. The first-order chi connectivity index (χ1) is 9.65. The van der Waals surface area contributed by atoms with E-state index in [-0.39, 0.29) is 18.5 Å². The van der Waals surface area contributed by atoms with E-state index in [0.29, 0.717) is 10.7 Å². The summed E-state index contributed by atoms with van der Waals surface area (Å²) in [6.45, 7) is 2.35. The van der Waals surface area contributed by atoms with Crippen LogP contribution in [-0.2, 0) is 11.2 Å². The van der Waals surface area contributed by atoms with Crippen molar-refractivity contribution in [3.05, 3.63) is 51.7 Å². The van der Waals surface area contributed by atoms with Crippen molar-refractivity contribution in [1.82, 2.24) is 5.32 Å².